The number of nitrogens with one attached hydrogen (secondary N) is 1. The van der Waals surface area contributed by atoms with Crippen molar-refractivity contribution >= 4 is 17.7 Å². The molecule has 0 saturated carbocycles. The van der Waals surface area contributed by atoms with Gasteiger partial charge in [-0.15, -0.1) is 0 Å². The van der Waals surface area contributed by atoms with Gasteiger partial charge < -0.3 is 19.7 Å². The van der Waals surface area contributed by atoms with E-state index in [0.717, 1.165) is 28.3 Å². The number of carboxylic acids is 1. The van der Waals surface area contributed by atoms with Gasteiger partial charge in [-0.05, 0) is 28.7 Å². The fourth-order valence-electron chi connectivity index (χ4n) is 4.05. The molecular formula is C23H21N3O6. The molecule has 0 bridgehead atoms. The molecule has 1 heterocycles. The van der Waals surface area contributed by atoms with E-state index >= 15 is 0 Å². The molecule has 1 aliphatic carbocycles. The van der Waals surface area contributed by atoms with Crippen LogP contribution >= 0.6 is 0 Å². The number of aryl methyl sites for hydroxylation is 1. The number of amides is 1. The highest BCUT2D eigenvalue weighted by molar-refractivity contribution is 5.87. The van der Waals surface area contributed by atoms with Crippen molar-refractivity contribution in [3.05, 3.63) is 87.7 Å². The van der Waals surface area contributed by atoms with E-state index in [-0.39, 0.29) is 37.0 Å². The smallest absolute Gasteiger partial charge is 0.407 e. The van der Waals surface area contributed by atoms with E-state index < -0.39 is 17.0 Å². The summed E-state index contributed by atoms with van der Waals surface area (Å²) in [5.41, 5.74) is 4.08. The molecular weight excluding hydrogens is 414 g/mol. The van der Waals surface area contributed by atoms with Crippen molar-refractivity contribution in [1.82, 2.24) is 9.88 Å². The highest BCUT2D eigenvalue weighted by Crippen LogP contribution is 2.44. The molecule has 0 saturated heterocycles. The minimum Gasteiger partial charge on any atom is -0.477 e. The van der Waals surface area contributed by atoms with Crippen LogP contribution in [0.15, 0.2) is 60.8 Å². The summed E-state index contributed by atoms with van der Waals surface area (Å²) in [6.45, 7) is 0.646. The Morgan fingerprint density at radius 1 is 1.09 bits per heavy atom. The van der Waals surface area contributed by atoms with Gasteiger partial charge in [0.05, 0.1) is 11.1 Å². The number of nitrogens with zero attached hydrogens (tertiary/aromatic N) is 2. The molecule has 0 spiro atoms. The molecule has 0 atom stereocenters. The second-order valence-electron chi connectivity index (χ2n) is 7.45. The summed E-state index contributed by atoms with van der Waals surface area (Å²) in [6, 6.07) is 17.1. The number of fused-ring (bicyclic) bond motifs is 3. The Labute approximate surface area is 183 Å². The lowest BCUT2D eigenvalue weighted by Crippen LogP contribution is -2.27. The quantitative estimate of drug-likeness (QED) is 0.313. The zero-order chi connectivity index (χ0) is 22.7. The van der Waals surface area contributed by atoms with E-state index in [9.17, 15) is 24.8 Å². The number of nitro groups is 1. The van der Waals surface area contributed by atoms with Crippen molar-refractivity contribution < 1.29 is 24.4 Å². The van der Waals surface area contributed by atoms with Crippen molar-refractivity contribution in [1.29, 1.82) is 0 Å². The van der Waals surface area contributed by atoms with Gasteiger partial charge in [-0.2, -0.15) is 0 Å². The second kappa shape index (κ2) is 8.93. The minimum absolute atomic E-state index is 0.0355. The Kier molecular flexibility index (Phi) is 5.89. The Balaban J connectivity index is 1.30. The van der Waals surface area contributed by atoms with Gasteiger partial charge in [-0.3, -0.25) is 10.1 Å². The average molecular weight is 435 g/mol. The predicted molar refractivity (Wildman–Crippen MR) is 116 cm³/mol. The first kappa shape index (κ1) is 21.1. The number of carbonyl (C=O) groups excluding carboxylic acids is 1. The van der Waals surface area contributed by atoms with Crippen LogP contribution in [0.5, 0.6) is 0 Å². The summed E-state index contributed by atoms with van der Waals surface area (Å²) in [5.74, 6) is -1.28. The summed E-state index contributed by atoms with van der Waals surface area (Å²) in [4.78, 5) is 33.7. The van der Waals surface area contributed by atoms with Gasteiger partial charge in [-0.25, -0.2) is 9.59 Å². The molecule has 2 N–H and O–H groups in total. The van der Waals surface area contributed by atoms with Crippen molar-refractivity contribution in [2.24, 2.45) is 0 Å². The average Bonchev–Trinajstić information content (AvgIpc) is 3.35. The maximum absolute atomic E-state index is 12.2. The van der Waals surface area contributed by atoms with Gasteiger partial charge in [-0.1, -0.05) is 48.5 Å². The Hall–Kier alpha value is -4.14. The molecule has 1 amide bonds. The van der Waals surface area contributed by atoms with Gasteiger partial charge in [0.1, 0.15) is 12.3 Å². The van der Waals surface area contributed by atoms with E-state index in [1.807, 2.05) is 36.4 Å². The van der Waals surface area contributed by atoms with Crippen LogP contribution in [0, 0.1) is 10.1 Å². The summed E-state index contributed by atoms with van der Waals surface area (Å²) in [7, 11) is 0. The topological polar surface area (TPSA) is 124 Å². The van der Waals surface area contributed by atoms with Gasteiger partial charge in [0.2, 0.25) is 0 Å². The number of benzene rings is 2. The highest BCUT2D eigenvalue weighted by Gasteiger charge is 2.29. The lowest BCUT2D eigenvalue weighted by atomic mass is 9.98. The first-order chi connectivity index (χ1) is 15.5. The summed E-state index contributed by atoms with van der Waals surface area (Å²) in [5, 5.41) is 22.7. The maximum Gasteiger partial charge on any atom is 0.407 e. The van der Waals surface area contributed by atoms with Gasteiger partial charge in [0, 0.05) is 25.1 Å². The monoisotopic (exact) mass is 435 g/mol. The third-order valence-electron chi connectivity index (χ3n) is 5.50. The van der Waals surface area contributed by atoms with E-state index in [2.05, 4.69) is 17.4 Å². The largest absolute Gasteiger partial charge is 0.477 e. The van der Waals surface area contributed by atoms with Crippen LogP contribution in [0.25, 0.3) is 11.1 Å². The molecule has 4 rings (SSSR count). The molecule has 1 aliphatic rings. The zero-order valence-electron chi connectivity index (χ0n) is 17.1. The van der Waals surface area contributed by atoms with Crippen molar-refractivity contribution in [3.63, 3.8) is 0 Å². The number of hydrogen-bond donors (Lipinski definition) is 2. The fourth-order valence-corrected chi connectivity index (χ4v) is 4.05. The molecule has 164 valence electrons. The van der Waals surface area contributed by atoms with E-state index in [0.29, 0.717) is 6.42 Å². The van der Waals surface area contributed by atoms with Gasteiger partial charge >= 0.3 is 12.1 Å². The zero-order valence-corrected chi connectivity index (χ0v) is 17.1. The Morgan fingerprint density at radius 3 is 2.31 bits per heavy atom. The van der Waals surface area contributed by atoms with Crippen molar-refractivity contribution in [3.8, 4) is 11.1 Å². The SMILES string of the molecule is O=C(NCCCn1cc([N+](=O)[O-])cc1C(=O)O)OCC1c2ccccc2-c2ccccc21. The third-order valence-corrected chi connectivity index (χ3v) is 5.50. The van der Waals surface area contributed by atoms with E-state index in [1.165, 1.54) is 10.8 Å². The molecule has 0 fully saturated rings. The summed E-state index contributed by atoms with van der Waals surface area (Å²) in [6.07, 6.45) is 0.997. The molecule has 0 aliphatic heterocycles. The number of ether oxygens (including phenoxy) is 1. The lowest BCUT2D eigenvalue weighted by molar-refractivity contribution is -0.384. The maximum atomic E-state index is 12.2. The summed E-state index contributed by atoms with van der Waals surface area (Å²) < 4.78 is 6.74. The number of carboxylic acid groups (broad SMARTS) is 1. The fraction of sp³-hybridized carbons (Fsp3) is 0.217. The predicted octanol–water partition coefficient (Wildman–Crippen LogP) is 4.02. The van der Waals surface area contributed by atoms with Crippen LogP contribution < -0.4 is 5.32 Å². The Bertz CT molecular complexity index is 1140. The number of hydrogen-bond acceptors (Lipinski definition) is 5. The molecule has 3 aromatic rings. The van der Waals surface area contributed by atoms with Crippen LogP contribution in [0.2, 0.25) is 0 Å². The third kappa shape index (κ3) is 4.18. The molecule has 2 aromatic carbocycles. The molecule has 9 nitrogen and oxygen atoms in total. The molecule has 0 unspecified atom stereocenters. The van der Waals surface area contributed by atoms with Crippen molar-refractivity contribution in [2.75, 3.05) is 13.2 Å². The van der Waals surface area contributed by atoms with Crippen LogP contribution in [0.1, 0.15) is 34.0 Å². The van der Waals surface area contributed by atoms with Gasteiger partial charge in [0.25, 0.3) is 5.69 Å². The van der Waals surface area contributed by atoms with Crippen molar-refractivity contribution in [2.45, 2.75) is 18.9 Å². The normalized spacial score (nSPS) is 12.1. The van der Waals surface area contributed by atoms with Gasteiger partial charge in [0.15, 0.2) is 0 Å². The summed E-state index contributed by atoms with van der Waals surface area (Å²) >= 11 is 0. The number of rotatable bonds is 8. The number of carbonyl (C=O) groups is 2. The minimum atomic E-state index is -1.25. The number of alkyl carbamates (subject to hydrolysis) is 1. The Morgan fingerprint density at radius 2 is 1.72 bits per heavy atom. The molecule has 1 aromatic heterocycles. The number of aromatic nitrogens is 1. The first-order valence-electron chi connectivity index (χ1n) is 10.1. The second-order valence-corrected chi connectivity index (χ2v) is 7.45. The van der Waals surface area contributed by atoms with E-state index in [1.54, 1.807) is 0 Å². The molecule has 9 heteroatoms. The van der Waals surface area contributed by atoms with Crippen LogP contribution in [0.3, 0.4) is 0 Å². The van der Waals surface area contributed by atoms with Crippen LogP contribution in [0.4, 0.5) is 10.5 Å². The highest BCUT2D eigenvalue weighted by atomic mass is 16.6. The standard InChI is InChI=1S/C23H21N3O6/c27-22(28)21-12-15(26(30)31)13-25(21)11-5-10-24-23(29)32-14-20-18-8-3-1-6-16(18)17-7-2-4-9-19(17)20/h1-4,6-9,12-13,20H,5,10-11,14H2,(H,24,29)(H,27,28). The lowest BCUT2D eigenvalue weighted by Gasteiger charge is -2.14. The first-order valence-corrected chi connectivity index (χ1v) is 10.1. The van der Waals surface area contributed by atoms with Crippen LogP contribution in [-0.4, -0.2) is 39.8 Å². The molecule has 0 radical (unpaired) electrons. The van der Waals surface area contributed by atoms with E-state index in [4.69, 9.17) is 4.74 Å². The molecule has 32 heavy (non-hydrogen) atoms. The number of aromatic carboxylic acids is 1. The van der Waals surface area contributed by atoms with Crippen LogP contribution in [-0.2, 0) is 11.3 Å².